The highest BCUT2D eigenvalue weighted by molar-refractivity contribution is 5.34. The molecule has 1 aliphatic heterocycles. The van der Waals surface area contributed by atoms with E-state index in [-0.39, 0.29) is 0 Å². The maximum atomic E-state index is 5.85. The van der Waals surface area contributed by atoms with Crippen molar-refractivity contribution >= 4 is 0 Å². The minimum atomic E-state index is 0.303. The molecule has 0 amide bonds. The van der Waals surface area contributed by atoms with Crippen LogP contribution in [-0.2, 0) is 11.2 Å². The zero-order valence-corrected chi connectivity index (χ0v) is 12.9. The van der Waals surface area contributed by atoms with Gasteiger partial charge in [0, 0.05) is 24.6 Å². The third kappa shape index (κ3) is 3.24. The van der Waals surface area contributed by atoms with Crippen LogP contribution in [0.25, 0.3) is 0 Å². The Morgan fingerprint density at radius 1 is 1.25 bits per heavy atom. The van der Waals surface area contributed by atoms with Gasteiger partial charge < -0.3 is 10.1 Å². The SMILES string of the molecule is Cc1cccc(C)c1CC1(CNC2CC2)CCCOC1. The molecule has 0 radical (unpaired) electrons. The second-order valence-corrected chi connectivity index (χ2v) is 6.86. The van der Waals surface area contributed by atoms with Crippen molar-refractivity contribution in [1.82, 2.24) is 5.32 Å². The first kappa shape index (κ1) is 14.1. The van der Waals surface area contributed by atoms with Gasteiger partial charge in [-0.15, -0.1) is 0 Å². The molecule has 2 fully saturated rings. The van der Waals surface area contributed by atoms with Crippen molar-refractivity contribution < 1.29 is 4.74 Å². The van der Waals surface area contributed by atoms with Crippen LogP contribution in [0.2, 0.25) is 0 Å². The summed E-state index contributed by atoms with van der Waals surface area (Å²) in [7, 11) is 0. The zero-order chi connectivity index (χ0) is 14.0. The van der Waals surface area contributed by atoms with E-state index in [9.17, 15) is 0 Å². The third-order valence-electron chi connectivity index (χ3n) is 4.94. The van der Waals surface area contributed by atoms with E-state index in [1.807, 2.05) is 0 Å². The molecule has 2 aliphatic rings. The van der Waals surface area contributed by atoms with Crippen molar-refractivity contribution in [2.24, 2.45) is 5.41 Å². The summed E-state index contributed by atoms with van der Waals surface area (Å²) in [6.07, 6.45) is 6.38. The summed E-state index contributed by atoms with van der Waals surface area (Å²) >= 11 is 0. The number of ether oxygens (including phenoxy) is 1. The van der Waals surface area contributed by atoms with E-state index in [1.54, 1.807) is 0 Å². The summed E-state index contributed by atoms with van der Waals surface area (Å²) in [5.74, 6) is 0. The Labute approximate surface area is 122 Å². The lowest BCUT2D eigenvalue weighted by Crippen LogP contribution is -2.43. The van der Waals surface area contributed by atoms with Crippen LogP contribution < -0.4 is 5.32 Å². The quantitative estimate of drug-likeness (QED) is 0.888. The van der Waals surface area contributed by atoms with Gasteiger partial charge in [-0.2, -0.15) is 0 Å². The van der Waals surface area contributed by atoms with Crippen molar-refractivity contribution in [3.63, 3.8) is 0 Å². The van der Waals surface area contributed by atoms with E-state index in [4.69, 9.17) is 4.74 Å². The maximum absolute atomic E-state index is 5.85. The van der Waals surface area contributed by atoms with Crippen LogP contribution in [0.4, 0.5) is 0 Å². The summed E-state index contributed by atoms with van der Waals surface area (Å²) in [5, 5.41) is 3.75. The first-order valence-corrected chi connectivity index (χ1v) is 8.05. The summed E-state index contributed by atoms with van der Waals surface area (Å²) in [6, 6.07) is 7.44. The molecule has 1 atom stereocenters. The zero-order valence-electron chi connectivity index (χ0n) is 12.9. The Morgan fingerprint density at radius 2 is 2.00 bits per heavy atom. The molecule has 1 saturated heterocycles. The second kappa shape index (κ2) is 5.87. The van der Waals surface area contributed by atoms with E-state index in [0.29, 0.717) is 5.41 Å². The molecule has 20 heavy (non-hydrogen) atoms. The fraction of sp³-hybridized carbons (Fsp3) is 0.667. The maximum Gasteiger partial charge on any atom is 0.0537 e. The molecule has 0 spiro atoms. The molecule has 2 heteroatoms. The molecule has 1 N–H and O–H groups in total. The average molecular weight is 273 g/mol. The van der Waals surface area contributed by atoms with Gasteiger partial charge in [-0.25, -0.2) is 0 Å². The Balaban J connectivity index is 1.77. The van der Waals surface area contributed by atoms with Gasteiger partial charge in [0.2, 0.25) is 0 Å². The molecule has 1 aromatic carbocycles. The van der Waals surface area contributed by atoms with Crippen LogP contribution in [0.15, 0.2) is 18.2 Å². The minimum absolute atomic E-state index is 0.303. The largest absolute Gasteiger partial charge is 0.381 e. The first-order chi connectivity index (χ1) is 9.69. The van der Waals surface area contributed by atoms with Gasteiger partial charge in [-0.05, 0) is 62.6 Å². The van der Waals surface area contributed by atoms with Crippen molar-refractivity contribution in [3.05, 3.63) is 34.9 Å². The minimum Gasteiger partial charge on any atom is -0.381 e. The van der Waals surface area contributed by atoms with Gasteiger partial charge in [0.05, 0.1) is 6.61 Å². The van der Waals surface area contributed by atoms with E-state index >= 15 is 0 Å². The van der Waals surface area contributed by atoms with Crippen LogP contribution in [-0.4, -0.2) is 25.8 Å². The van der Waals surface area contributed by atoms with E-state index in [2.05, 4.69) is 37.4 Å². The predicted molar refractivity (Wildman–Crippen MR) is 83.1 cm³/mol. The molecular formula is C18H27NO. The van der Waals surface area contributed by atoms with Crippen LogP contribution >= 0.6 is 0 Å². The Kier molecular flexibility index (Phi) is 4.13. The Bertz CT molecular complexity index is 438. The molecule has 1 heterocycles. The highest BCUT2D eigenvalue weighted by Gasteiger charge is 2.35. The van der Waals surface area contributed by atoms with Crippen LogP contribution in [0.5, 0.6) is 0 Å². The normalized spacial score (nSPS) is 26.7. The number of nitrogens with one attached hydrogen (secondary N) is 1. The van der Waals surface area contributed by atoms with E-state index < -0.39 is 0 Å². The monoisotopic (exact) mass is 273 g/mol. The second-order valence-electron chi connectivity index (χ2n) is 6.86. The topological polar surface area (TPSA) is 21.3 Å². The molecule has 1 saturated carbocycles. The lowest BCUT2D eigenvalue weighted by molar-refractivity contribution is -0.00748. The molecule has 1 unspecified atom stereocenters. The number of hydrogen-bond donors (Lipinski definition) is 1. The molecule has 0 aromatic heterocycles. The molecular weight excluding hydrogens is 246 g/mol. The summed E-state index contributed by atoms with van der Waals surface area (Å²) in [5.41, 5.74) is 4.70. The van der Waals surface area contributed by atoms with Crippen LogP contribution in [0.1, 0.15) is 42.4 Å². The summed E-state index contributed by atoms with van der Waals surface area (Å²) in [6.45, 7) is 7.46. The van der Waals surface area contributed by atoms with E-state index in [1.165, 1.54) is 42.4 Å². The van der Waals surface area contributed by atoms with Gasteiger partial charge in [-0.1, -0.05) is 18.2 Å². The lowest BCUT2D eigenvalue weighted by atomic mass is 9.75. The lowest BCUT2D eigenvalue weighted by Gasteiger charge is -2.38. The Hall–Kier alpha value is -0.860. The number of aryl methyl sites for hydroxylation is 2. The molecule has 3 rings (SSSR count). The molecule has 1 aliphatic carbocycles. The number of benzene rings is 1. The van der Waals surface area contributed by atoms with Crippen molar-refractivity contribution in [2.45, 2.75) is 52.0 Å². The fourth-order valence-corrected chi connectivity index (χ4v) is 3.40. The molecule has 110 valence electrons. The third-order valence-corrected chi connectivity index (χ3v) is 4.94. The van der Waals surface area contributed by atoms with E-state index in [0.717, 1.165) is 32.2 Å². The first-order valence-electron chi connectivity index (χ1n) is 8.05. The number of hydrogen-bond acceptors (Lipinski definition) is 2. The van der Waals surface area contributed by atoms with Crippen molar-refractivity contribution in [3.8, 4) is 0 Å². The van der Waals surface area contributed by atoms with Crippen molar-refractivity contribution in [1.29, 1.82) is 0 Å². The van der Waals surface area contributed by atoms with Gasteiger partial charge in [-0.3, -0.25) is 0 Å². The number of rotatable bonds is 5. The summed E-state index contributed by atoms with van der Waals surface area (Å²) in [4.78, 5) is 0. The average Bonchev–Trinajstić information content (AvgIpc) is 3.27. The van der Waals surface area contributed by atoms with Crippen LogP contribution in [0.3, 0.4) is 0 Å². The predicted octanol–water partition coefficient (Wildman–Crippen LogP) is 3.39. The molecule has 1 aromatic rings. The summed E-state index contributed by atoms with van der Waals surface area (Å²) < 4.78 is 5.85. The van der Waals surface area contributed by atoms with Crippen molar-refractivity contribution in [2.75, 3.05) is 19.8 Å². The Morgan fingerprint density at radius 3 is 2.60 bits per heavy atom. The smallest absolute Gasteiger partial charge is 0.0537 e. The van der Waals surface area contributed by atoms with Crippen LogP contribution in [0, 0.1) is 19.3 Å². The van der Waals surface area contributed by atoms with Gasteiger partial charge in [0.25, 0.3) is 0 Å². The molecule has 0 bridgehead atoms. The van der Waals surface area contributed by atoms with Gasteiger partial charge >= 0.3 is 0 Å². The standard InChI is InChI=1S/C18H27NO/c1-14-5-3-6-15(2)17(14)11-18(9-4-10-20-13-18)12-19-16-7-8-16/h3,5-6,16,19H,4,7-13H2,1-2H3. The molecule has 2 nitrogen and oxygen atoms in total. The highest BCUT2D eigenvalue weighted by atomic mass is 16.5. The highest BCUT2D eigenvalue weighted by Crippen LogP contribution is 2.35. The van der Waals surface area contributed by atoms with Gasteiger partial charge in [0.1, 0.15) is 0 Å². The fourth-order valence-electron chi connectivity index (χ4n) is 3.40. The van der Waals surface area contributed by atoms with Gasteiger partial charge in [0.15, 0.2) is 0 Å².